The average molecular weight is 205 g/mol. The Morgan fingerprint density at radius 2 is 2.23 bits per heavy atom. The quantitative estimate of drug-likeness (QED) is 0.572. The summed E-state index contributed by atoms with van der Waals surface area (Å²) >= 11 is 0. The normalized spacial score (nSPS) is 37.7. The van der Waals surface area contributed by atoms with Crippen LogP contribution >= 0.6 is 0 Å². The summed E-state index contributed by atoms with van der Waals surface area (Å²) < 4.78 is 22.6. The van der Waals surface area contributed by atoms with Crippen LogP contribution in [0.25, 0.3) is 0 Å². The van der Waals surface area contributed by atoms with E-state index in [2.05, 4.69) is 5.48 Å². The molecular weight excluding hydrogens is 194 g/mol. The molecule has 0 radical (unpaired) electrons. The zero-order valence-corrected chi connectivity index (χ0v) is 7.89. The van der Waals surface area contributed by atoms with Crippen molar-refractivity contribution in [2.24, 2.45) is 0 Å². The topological polar surface area (TPSA) is 72.5 Å². The van der Waals surface area contributed by atoms with Crippen LogP contribution in [0, 0.1) is 0 Å². The van der Waals surface area contributed by atoms with Crippen LogP contribution in [0.2, 0.25) is 0 Å². The van der Waals surface area contributed by atoms with Crippen molar-refractivity contribution in [3.63, 3.8) is 0 Å². The van der Waals surface area contributed by atoms with Crippen LogP contribution in [0.5, 0.6) is 0 Å². The molecule has 0 bridgehead atoms. The standard InChI is InChI=1S/C7H11NO4S/c9-6-4-7(12-8-6)2-1-3-13(10,11)5-7/h1-5H2,(H,8,9). The fourth-order valence-electron chi connectivity index (χ4n) is 1.91. The minimum absolute atomic E-state index is 0.0290. The third kappa shape index (κ3) is 1.68. The molecule has 2 heterocycles. The molecule has 0 aromatic heterocycles. The van der Waals surface area contributed by atoms with Gasteiger partial charge in [0.15, 0.2) is 9.84 Å². The van der Waals surface area contributed by atoms with E-state index in [9.17, 15) is 13.2 Å². The van der Waals surface area contributed by atoms with E-state index >= 15 is 0 Å². The number of sulfone groups is 1. The second-order valence-corrected chi connectivity index (χ2v) is 5.87. The molecule has 0 aliphatic carbocycles. The van der Waals surface area contributed by atoms with Gasteiger partial charge in [0.05, 0.1) is 17.9 Å². The minimum atomic E-state index is -3.02. The van der Waals surface area contributed by atoms with Crippen molar-refractivity contribution in [3.8, 4) is 0 Å². The van der Waals surface area contributed by atoms with Crippen LogP contribution in [0.1, 0.15) is 19.3 Å². The summed E-state index contributed by atoms with van der Waals surface area (Å²) in [6.45, 7) is 0. The summed E-state index contributed by atoms with van der Waals surface area (Å²) in [7, 11) is -3.02. The van der Waals surface area contributed by atoms with E-state index < -0.39 is 15.4 Å². The van der Waals surface area contributed by atoms with Crippen molar-refractivity contribution in [1.82, 2.24) is 5.48 Å². The van der Waals surface area contributed by atoms with E-state index in [0.717, 1.165) is 0 Å². The first-order valence-electron chi connectivity index (χ1n) is 4.19. The summed E-state index contributed by atoms with van der Waals surface area (Å²) in [5.41, 5.74) is 1.44. The molecule has 0 aromatic carbocycles. The maximum Gasteiger partial charge on any atom is 0.246 e. The van der Waals surface area contributed by atoms with Gasteiger partial charge in [-0.1, -0.05) is 0 Å². The van der Waals surface area contributed by atoms with E-state index in [1.165, 1.54) is 0 Å². The Morgan fingerprint density at radius 1 is 1.46 bits per heavy atom. The van der Waals surface area contributed by atoms with Gasteiger partial charge in [0.1, 0.15) is 5.60 Å². The van der Waals surface area contributed by atoms with Gasteiger partial charge in [0, 0.05) is 0 Å². The van der Waals surface area contributed by atoms with Gasteiger partial charge in [0.2, 0.25) is 5.91 Å². The maximum atomic E-state index is 11.3. The predicted octanol–water partition coefficient (Wildman–Crippen LogP) is -0.615. The van der Waals surface area contributed by atoms with Gasteiger partial charge in [-0.05, 0) is 12.8 Å². The van der Waals surface area contributed by atoms with Gasteiger partial charge in [-0.15, -0.1) is 0 Å². The summed E-state index contributed by atoms with van der Waals surface area (Å²) in [5.74, 6) is -0.0394. The van der Waals surface area contributed by atoms with Gasteiger partial charge in [-0.3, -0.25) is 9.63 Å². The van der Waals surface area contributed by atoms with Gasteiger partial charge in [0.25, 0.3) is 0 Å². The van der Waals surface area contributed by atoms with E-state index in [1.807, 2.05) is 0 Å². The van der Waals surface area contributed by atoms with Crippen LogP contribution in [0.3, 0.4) is 0 Å². The molecule has 6 heteroatoms. The fourth-order valence-corrected chi connectivity index (χ4v) is 3.74. The van der Waals surface area contributed by atoms with Crippen molar-refractivity contribution in [2.75, 3.05) is 11.5 Å². The van der Waals surface area contributed by atoms with Crippen molar-refractivity contribution in [3.05, 3.63) is 0 Å². The van der Waals surface area contributed by atoms with Crippen LogP contribution in [0.4, 0.5) is 0 Å². The molecule has 2 aliphatic rings. The van der Waals surface area contributed by atoms with E-state index in [1.54, 1.807) is 0 Å². The molecule has 1 unspecified atom stereocenters. The number of carbonyl (C=O) groups excluding carboxylic acids is 1. The molecular formula is C7H11NO4S. The SMILES string of the molecule is O=C1CC2(CCCS(=O)(=O)C2)ON1. The lowest BCUT2D eigenvalue weighted by Gasteiger charge is -2.29. The Hall–Kier alpha value is -0.620. The van der Waals surface area contributed by atoms with Crippen molar-refractivity contribution >= 4 is 15.7 Å². The lowest BCUT2D eigenvalue weighted by atomic mass is 9.96. The summed E-state index contributed by atoms with van der Waals surface area (Å²) in [6.07, 6.45) is 1.40. The molecule has 5 nitrogen and oxygen atoms in total. The first kappa shape index (κ1) is 8.96. The van der Waals surface area contributed by atoms with E-state index in [0.29, 0.717) is 12.8 Å². The molecule has 2 saturated heterocycles. The maximum absolute atomic E-state index is 11.3. The number of nitrogens with one attached hydrogen (secondary N) is 1. The molecule has 1 spiro atoms. The third-order valence-corrected chi connectivity index (χ3v) is 4.31. The number of hydroxylamine groups is 1. The van der Waals surface area contributed by atoms with Gasteiger partial charge < -0.3 is 0 Å². The van der Waals surface area contributed by atoms with Crippen molar-refractivity contribution in [2.45, 2.75) is 24.9 Å². The first-order chi connectivity index (χ1) is 6.02. The summed E-state index contributed by atoms with van der Waals surface area (Å²) in [4.78, 5) is 15.9. The van der Waals surface area contributed by atoms with E-state index in [4.69, 9.17) is 4.84 Å². The van der Waals surface area contributed by atoms with Crippen LogP contribution in [-0.2, 0) is 19.5 Å². The molecule has 1 N–H and O–H groups in total. The zero-order valence-electron chi connectivity index (χ0n) is 7.08. The van der Waals surface area contributed by atoms with Crippen molar-refractivity contribution < 1.29 is 18.0 Å². The molecule has 1 atom stereocenters. The van der Waals surface area contributed by atoms with Crippen molar-refractivity contribution in [1.29, 1.82) is 0 Å². The Balaban J connectivity index is 2.20. The smallest absolute Gasteiger partial charge is 0.246 e. The molecule has 2 rings (SSSR count). The monoisotopic (exact) mass is 205 g/mol. The highest BCUT2D eigenvalue weighted by Crippen LogP contribution is 2.32. The second kappa shape index (κ2) is 2.68. The molecule has 13 heavy (non-hydrogen) atoms. The highest BCUT2D eigenvalue weighted by molar-refractivity contribution is 7.91. The second-order valence-electron chi connectivity index (χ2n) is 3.68. The highest BCUT2D eigenvalue weighted by Gasteiger charge is 2.46. The first-order valence-corrected chi connectivity index (χ1v) is 6.01. The zero-order chi connectivity index (χ0) is 9.53. The van der Waals surface area contributed by atoms with Gasteiger partial charge >= 0.3 is 0 Å². The third-order valence-electron chi connectivity index (χ3n) is 2.43. The predicted molar refractivity (Wildman–Crippen MR) is 44.5 cm³/mol. The molecule has 2 fully saturated rings. The summed E-state index contributed by atoms with van der Waals surface area (Å²) in [5, 5.41) is 0. The fraction of sp³-hybridized carbons (Fsp3) is 0.857. The number of amides is 1. The largest absolute Gasteiger partial charge is 0.273 e. The Kier molecular flexibility index (Phi) is 1.85. The molecule has 0 aromatic rings. The lowest BCUT2D eigenvalue weighted by molar-refractivity contribution is -0.126. The number of hydrogen-bond donors (Lipinski definition) is 1. The molecule has 74 valence electrons. The van der Waals surface area contributed by atoms with Crippen LogP contribution in [0.15, 0.2) is 0 Å². The van der Waals surface area contributed by atoms with Gasteiger partial charge in [-0.2, -0.15) is 0 Å². The lowest BCUT2D eigenvalue weighted by Crippen LogP contribution is -2.42. The van der Waals surface area contributed by atoms with E-state index in [-0.39, 0.29) is 23.8 Å². The highest BCUT2D eigenvalue weighted by atomic mass is 32.2. The molecule has 1 amide bonds. The Bertz CT molecular complexity index is 336. The number of hydrogen-bond acceptors (Lipinski definition) is 4. The van der Waals surface area contributed by atoms with Crippen LogP contribution < -0.4 is 5.48 Å². The van der Waals surface area contributed by atoms with Gasteiger partial charge in [-0.25, -0.2) is 13.9 Å². The average Bonchev–Trinajstić information content (AvgIpc) is 2.29. The summed E-state index contributed by atoms with van der Waals surface area (Å²) in [6, 6.07) is 0. The Labute approximate surface area is 76.3 Å². The Morgan fingerprint density at radius 3 is 2.77 bits per heavy atom. The number of rotatable bonds is 0. The minimum Gasteiger partial charge on any atom is -0.273 e. The molecule has 2 aliphatic heterocycles. The number of carbonyl (C=O) groups is 1. The van der Waals surface area contributed by atoms with Crippen LogP contribution in [-0.4, -0.2) is 31.4 Å². The molecule has 0 saturated carbocycles.